The van der Waals surface area contributed by atoms with E-state index in [1.807, 2.05) is 26.0 Å². The molecule has 128 valence electrons. The van der Waals surface area contributed by atoms with Crippen molar-refractivity contribution in [2.24, 2.45) is 0 Å². The first kappa shape index (κ1) is 16.7. The van der Waals surface area contributed by atoms with Gasteiger partial charge in [-0.2, -0.15) is 0 Å². The molecule has 1 N–H and O–H groups in total. The van der Waals surface area contributed by atoms with E-state index in [-0.39, 0.29) is 18.0 Å². The zero-order valence-corrected chi connectivity index (χ0v) is 14.3. The molecule has 0 saturated carbocycles. The van der Waals surface area contributed by atoms with E-state index in [1.165, 1.54) is 6.07 Å². The number of carbonyl (C=O) groups excluding carboxylic acids is 1. The summed E-state index contributed by atoms with van der Waals surface area (Å²) in [6.07, 6.45) is 1.72. The third kappa shape index (κ3) is 3.38. The lowest BCUT2D eigenvalue weighted by atomic mass is 10.0. The average Bonchev–Trinajstić information content (AvgIpc) is 2.91. The summed E-state index contributed by atoms with van der Waals surface area (Å²) >= 11 is 0. The van der Waals surface area contributed by atoms with Gasteiger partial charge in [0.15, 0.2) is 0 Å². The number of fused-ring (bicyclic) bond motifs is 1. The van der Waals surface area contributed by atoms with Crippen molar-refractivity contribution in [3.8, 4) is 0 Å². The van der Waals surface area contributed by atoms with E-state index in [4.69, 9.17) is 4.42 Å². The van der Waals surface area contributed by atoms with Crippen LogP contribution in [0.25, 0.3) is 11.0 Å². The molecule has 2 aromatic carbocycles. The van der Waals surface area contributed by atoms with E-state index in [1.54, 1.807) is 25.3 Å². The molecular formula is C19H18N2O4. The molecule has 0 aliphatic heterocycles. The fourth-order valence-electron chi connectivity index (χ4n) is 2.74. The molecular weight excluding hydrogens is 320 g/mol. The standard InChI is InChI=1S/C19H18N2O4/c1-11-4-5-15(9-17(11)21(23)24)20-19(22)8-14-10-25-18-7-13(3)12(2)6-16(14)18/h4-7,9-10H,8H2,1-3H3,(H,20,22). The highest BCUT2D eigenvalue weighted by Crippen LogP contribution is 2.26. The maximum absolute atomic E-state index is 12.3. The average molecular weight is 338 g/mol. The Labute approximate surface area is 144 Å². The van der Waals surface area contributed by atoms with Gasteiger partial charge in [0.25, 0.3) is 5.69 Å². The number of carbonyl (C=O) groups is 1. The fourth-order valence-corrected chi connectivity index (χ4v) is 2.74. The molecule has 0 bridgehead atoms. The van der Waals surface area contributed by atoms with Gasteiger partial charge in [-0.05, 0) is 50.1 Å². The monoisotopic (exact) mass is 338 g/mol. The number of nitro groups is 1. The zero-order valence-electron chi connectivity index (χ0n) is 14.3. The smallest absolute Gasteiger partial charge is 0.274 e. The van der Waals surface area contributed by atoms with Crippen molar-refractivity contribution >= 4 is 28.3 Å². The molecule has 0 unspecified atom stereocenters. The molecule has 0 atom stereocenters. The molecule has 0 aliphatic carbocycles. The molecule has 0 radical (unpaired) electrons. The predicted octanol–water partition coefficient (Wildman–Crippen LogP) is 4.45. The molecule has 6 nitrogen and oxygen atoms in total. The second-order valence-electron chi connectivity index (χ2n) is 6.18. The van der Waals surface area contributed by atoms with Crippen molar-refractivity contribution in [1.82, 2.24) is 0 Å². The summed E-state index contributed by atoms with van der Waals surface area (Å²) in [5.74, 6) is -0.251. The molecule has 3 aromatic rings. The third-order valence-corrected chi connectivity index (χ3v) is 4.31. The van der Waals surface area contributed by atoms with Gasteiger partial charge >= 0.3 is 0 Å². The van der Waals surface area contributed by atoms with Crippen LogP contribution in [0.5, 0.6) is 0 Å². The molecule has 0 saturated heterocycles. The normalized spacial score (nSPS) is 10.8. The Morgan fingerprint density at radius 2 is 1.84 bits per heavy atom. The Balaban J connectivity index is 1.80. The first-order valence-corrected chi connectivity index (χ1v) is 7.87. The van der Waals surface area contributed by atoms with Crippen LogP contribution in [-0.2, 0) is 11.2 Å². The lowest BCUT2D eigenvalue weighted by Gasteiger charge is -2.06. The Morgan fingerprint density at radius 1 is 1.12 bits per heavy atom. The number of nitrogens with zero attached hydrogens (tertiary/aromatic N) is 1. The van der Waals surface area contributed by atoms with Crippen molar-refractivity contribution in [3.05, 3.63) is 69.0 Å². The van der Waals surface area contributed by atoms with Gasteiger partial charge in [-0.25, -0.2) is 0 Å². The summed E-state index contributed by atoms with van der Waals surface area (Å²) in [5, 5.41) is 14.6. The van der Waals surface area contributed by atoms with Gasteiger partial charge in [0, 0.05) is 28.3 Å². The first-order chi connectivity index (χ1) is 11.8. The Kier molecular flexibility index (Phi) is 4.27. The molecule has 0 fully saturated rings. The number of hydrogen-bond acceptors (Lipinski definition) is 4. The SMILES string of the molecule is Cc1cc2occ(CC(=O)Nc3ccc(C)c([N+](=O)[O-])c3)c2cc1C. The highest BCUT2D eigenvalue weighted by atomic mass is 16.6. The van der Waals surface area contributed by atoms with Crippen molar-refractivity contribution < 1.29 is 14.1 Å². The minimum absolute atomic E-state index is 0.0161. The van der Waals surface area contributed by atoms with Gasteiger partial charge in [-0.3, -0.25) is 14.9 Å². The van der Waals surface area contributed by atoms with E-state index in [9.17, 15) is 14.9 Å². The van der Waals surface area contributed by atoms with E-state index in [2.05, 4.69) is 5.32 Å². The summed E-state index contributed by atoms with van der Waals surface area (Å²) in [7, 11) is 0. The summed E-state index contributed by atoms with van der Waals surface area (Å²) < 4.78 is 5.53. The van der Waals surface area contributed by atoms with E-state index >= 15 is 0 Å². The molecule has 0 spiro atoms. The molecule has 1 heterocycles. The largest absolute Gasteiger partial charge is 0.464 e. The summed E-state index contributed by atoms with van der Waals surface area (Å²) in [6.45, 7) is 5.68. The highest BCUT2D eigenvalue weighted by Gasteiger charge is 2.15. The van der Waals surface area contributed by atoms with Crippen LogP contribution in [0, 0.1) is 30.9 Å². The molecule has 1 amide bonds. The van der Waals surface area contributed by atoms with Gasteiger partial charge in [0.05, 0.1) is 17.6 Å². The van der Waals surface area contributed by atoms with Crippen LogP contribution in [0.3, 0.4) is 0 Å². The number of anilines is 1. The summed E-state index contributed by atoms with van der Waals surface area (Å²) in [4.78, 5) is 22.9. The lowest BCUT2D eigenvalue weighted by molar-refractivity contribution is -0.385. The number of rotatable bonds is 4. The predicted molar refractivity (Wildman–Crippen MR) is 95.9 cm³/mol. The van der Waals surface area contributed by atoms with Gasteiger partial charge in [0.2, 0.25) is 5.91 Å². The molecule has 1 aromatic heterocycles. The Hall–Kier alpha value is -3.15. The number of hydrogen-bond donors (Lipinski definition) is 1. The fraction of sp³-hybridized carbons (Fsp3) is 0.211. The molecule has 3 rings (SSSR count). The number of nitrogens with one attached hydrogen (secondary N) is 1. The van der Waals surface area contributed by atoms with Crippen LogP contribution in [0.4, 0.5) is 11.4 Å². The maximum atomic E-state index is 12.3. The third-order valence-electron chi connectivity index (χ3n) is 4.31. The number of nitro benzene ring substituents is 1. The number of furan rings is 1. The van der Waals surface area contributed by atoms with Crippen LogP contribution < -0.4 is 5.32 Å². The van der Waals surface area contributed by atoms with E-state index < -0.39 is 4.92 Å². The second kappa shape index (κ2) is 6.39. The van der Waals surface area contributed by atoms with Crippen molar-refractivity contribution in [3.63, 3.8) is 0 Å². The van der Waals surface area contributed by atoms with Crippen molar-refractivity contribution in [2.45, 2.75) is 27.2 Å². The summed E-state index contributed by atoms with van der Waals surface area (Å²) in [5.41, 5.74) is 4.73. The second-order valence-corrected chi connectivity index (χ2v) is 6.18. The molecule has 25 heavy (non-hydrogen) atoms. The van der Waals surface area contributed by atoms with Crippen LogP contribution >= 0.6 is 0 Å². The van der Waals surface area contributed by atoms with E-state index in [0.717, 1.165) is 27.7 Å². The van der Waals surface area contributed by atoms with Crippen LogP contribution in [0.1, 0.15) is 22.3 Å². The molecule has 0 aliphatic rings. The van der Waals surface area contributed by atoms with Crippen LogP contribution in [0.2, 0.25) is 0 Å². The van der Waals surface area contributed by atoms with Crippen molar-refractivity contribution in [2.75, 3.05) is 5.32 Å². The quantitative estimate of drug-likeness (QED) is 0.562. The van der Waals surface area contributed by atoms with Crippen molar-refractivity contribution in [1.29, 1.82) is 0 Å². The minimum Gasteiger partial charge on any atom is -0.464 e. The van der Waals surface area contributed by atoms with Gasteiger partial charge < -0.3 is 9.73 Å². The van der Waals surface area contributed by atoms with Gasteiger partial charge in [-0.15, -0.1) is 0 Å². The van der Waals surface area contributed by atoms with E-state index in [0.29, 0.717) is 11.3 Å². The zero-order chi connectivity index (χ0) is 18.1. The number of amides is 1. The number of aryl methyl sites for hydroxylation is 3. The van der Waals surface area contributed by atoms with Crippen LogP contribution in [0.15, 0.2) is 41.0 Å². The van der Waals surface area contributed by atoms with Crippen LogP contribution in [-0.4, -0.2) is 10.8 Å². The van der Waals surface area contributed by atoms with Gasteiger partial charge in [0.1, 0.15) is 5.58 Å². The highest BCUT2D eigenvalue weighted by molar-refractivity contribution is 5.95. The lowest BCUT2D eigenvalue weighted by Crippen LogP contribution is -2.14. The van der Waals surface area contributed by atoms with Gasteiger partial charge in [-0.1, -0.05) is 6.07 Å². The molecule has 6 heteroatoms. The Morgan fingerprint density at radius 3 is 2.56 bits per heavy atom. The Bertz CT molecular complexity index is 988. The number of benzene rings is 2. The minimum atomic E-state index is -0.459. The summed E-state index contributed by atoms with van der Waals surface area (Å²) in [6, 6.07) is 8.60. The topological polar surface area (TPSA) is 85.4 Å². The maximum Gasteiger partial charge on any atom is 0.274 e. The first-order valence-electron chi connectivity index (χ1n) is 7.87.